The molecule has 9 heteroatoms. The van der Waals surface area contributed by atoms with Gasteiger partial charge in [0.25, 0.3) is 5.91 Å². The van der Waals surface area contributed by atoms with Crippen LogP contribution in [-0.2, 0) is 23.1 Å². The number of nitrogens with one attached hydrogen (secondary N) is 1. The molecule has 1 N–H and O–H groups in total. The summed E-state index contributed by atoms with van der Waals surface area (Å²) in [6.07, 6.45) is 1.16. The lowest BCUT2D eigenvalue weighted by Gasteiger charge is -2.24. The van der Waals surface area contributed by atoms with Crippen molar-refractivity contribution in [2.75, 3.05) is 31.4 Å². The maximum absolute atomic E-state index is 12.6. The van der Waals surface area contributed by atoms with Crippen molar-refractivity contribution in [3.05, 3.63) is 83.4 Å². The lowest BCUT2D eigenvalue weighted by molar-refractivity contribution is 0.0951. The molecule has 0 radical (unpaired) electrons. The number of sulfonamides is 1. The number of ether oxygens (including phenoxy) is 3. The van der Waals surface area contributed by atoms with E-state index >= 15 is 0 Å². The molecule has 35 heavy (non-hydrogen) atoms. The maximum Gasteiger partial charge on any atom is 0.251 e. The van der Waals surface area contributed by atoms with Crippen LogP contribution >= 0.6 is 0 Å². The van der Waals surface area contributed by atoms with E-state index in [4.69, 9.17) is 14.2 Å². The van der Waals surface area contributed by atoms with Gasteiger partial charge in [-0.1, -0.05) is 30.3 Å². The summed E-state index contributed by atoms with van der Waals surface area (Å²) in [5, 5.41) is 2.88. The van der Waals surface area contributed by atoms with Crippen LogP contribution < -0.4 is 23.8 Å². The fraction of sp³-hybridized carbons (Fsp3) is 0.269. The summed E-state index contributed by atoms with van der Waals surface area (Å²) in [6, 6.07) is 19.3. The van der Waals surface area contributed by atoms with Gasteiger partial charge >= 0.3 is 0 Å². The lowest BCUT2D eigenvalue weighted by Crippen LogP contribution is -2.29. The monoisotopic (exact) mass is 498 g/mol. The minimum Gasteiger partial charge on any atom is -0.493 e. The van der Waals surface area contributed by atoms with Crippen LogP contribution in [0.3, 0.4) is 0 Å². The fourth-order valence-electron chi connectivity index (χ4n) is 3.52. The number of para-hydroxylation sites is 2. The number of nitrogens with zero attached hydrogens (tertiary/aromatic N) is 1. The van der Waals surface area contributed by atoms with Crippen LogP contribution in [0.2, 0.25) is 0 Å². The molecule has 186 valence electrons. The lowest BCUT2D eigenvalue weighted by atomic mass is 10.1. The molecule has 0 atom stereocenters. The van der Waals surface area contributed by atoms with Crippen molar-refractivity contribution in [1.29, 1.82) is 0 Å². The molecule has 0 unspecified atom stereocenters. The quantitative estimate of drug-likeness (QED) is 0.430. The number of anilines is 1. The van der Waals surface area contributed by atoms with Gasteiger partial charge in [0, 0.05) is 12.1 Å². The third-order valence-corrected chi connectivity index (χ3v) is 6.40. The summed E-state index contributed by atoms with van der Waals surface area (Å²) < 4.78 is 42.6. The summed E-state index contributed by atoms with van der Waals surface area (Å²) >= 11 is 0. The molecule has 0 spiro atoms. The van der Waals surface area contributed by atoms with E-state index in [-0.39, 0.29) is 12.5 Å². The average molecular weight is 499 g/mol. The Labute approximate surface area is 206 Å². The van der Waals surface area contributed by atoms with E-state index in [2.05, 4.69) is 5.32 Å². The Morgan fingerprint density at radius 3 is 2.17 bits per heavy atom. The second-order valence-electron chi connectivity index (χ2n) is 7.74. The standard InChI is InChI=1S/C26H30N2O6S/c1-5-34-23-9-7-6-8-22(23)28(35(4,30)31)18-19-10-13-21(14-11-19)26(29)27-17-20-12-15-24(32-2)25(16-20)33-3/h6-16H,5,17-18H2,1-4H3,(H,27,29). The Kier molecular flexibility index (Phi) is 8.59. The van der Waals surface area contributed by atoms with E-state index in [1.165, 1.54) is 4.31 Å². The molecule has 0 saturated carbocycles. The first-order valence-electron chi connectivity index (χ1n) is 11.0. The molecule has 1 amide bonds. The Morgan fingerprint density at radius 2 is 1.54 bits per heavy atom. The van der Waals surface area contributed by atoms with E-state index in [0.717, 1.165) is 17.4 Å². The highest BCUT2D eigenvalue weighted by Crippen LogP contribution is 2.31. The predicted molar refractivity (Wildman–Crippen MR) is 136 cm³/mol. The molecule has 0 saturated heterocycles. The fourth-order valence-corrected chi connectivity index (χ4v) is 4.42. The number of carbonyl (C=O) groups excluding carboxylic acids is 1. The number of benzene rings is 3. The van der Waals surface area contributed by atoms with Crippen molar-refractivity contribution in [2.24, 2.45) is 0 Å². The van der Waals surface area contributed by atoms with Crippen LogP contribution in [0, 0.1) is 0 Å². The van der Waals surface area contributed by atoms with Gasteiger partial charge in [0.1, 0.15) is 5.75 Å². The third kappa shape index (κ3) is 6.66. The van der Waals surface area contributed by atoms with Gasteiger partial charge in [-0.15, -0.1) is 0 Å². The highest BCUT2D eigenvalue weighted by atomic mass is 32.2. The van der Waals surface area contributed by atoms with Gasteiger partial charge in [0.15, 0.2) is 11.5 Å². The van der Waals surface area contributed by atoms with Gasteiger partial charge in [-0.2, -0.15) is 0 Å². The average Bonchev–Trinajstić information content (AvgIpc) is 2.86. The molecule has 0 aromatic heterocycles. The molecule has 0 aliphatic carbocycles. The maximum atomic E-state index is 12.6. The Balaban J connectivity index is 1.71. The van der Waals surface area contributed by atoms with Gasteiger partial charge in [-0.05, 0) is 54.4 Å². The Bertz CT molecular complexity index is 1260. The van der Waals surface area contributed by atoms with Crippen LogP contribution in [0.15, 0.2) is 66.7 Å². The van der Waals surface area contributed by atoms with Gasteiger partial charge in [-0.3, -0.25) is 9.10 Å². The molecule has 0 bridgehead atoms. The largest absolute Gasteiger partial charge is 0.493 e. The van der Waals surface area contributed by atoms with Crippen LogP contribution in [-0.4, -0.2) is 41.4 Å². The van der Waals surface area contributed by atoms with Gasteiger partial charge < -0.3 is 19.5 Å². The molecule has 3 rings (SSSR count). The predicted octanol–water partition coefficient (Wildman–Crippen LogP) is 4.00. The van der Waals surface area contributed by atoms with Crippen molar-refractivity contribution >= 4 is 21.6 Å². The molecule has 8 nitrogen and oxygen atoms in total. The van der Waals surface area contributed by atoms with Crippen LogP contribution in [0.5, 0.6) is 17.2 Å². The van der Waals surface area contributed by atoms with Crippen molar-refractivity contribution in [3.63, 3.8) is 0 Å². The van der Waals surface area contributed by atoms with Crippen molar-refractivity contribution in [2.45, 2.75) is 20.0 Å². The van der Waals surface area contributed by atoms with Crippen molar-refractivity contribution in [3.8, 4) is 17.2 Å². The molecule has 3 aromatic rings. The van der Waals surface area contributed by atoms with E-state index in [1.54, 1.807) is 68.8 Å². The van der Waals surface area contributed by atoms with Gasteiger partial charge in [-0.25, -0.2) is 8.42 Å². The number of methoxy groups -OCH3 is 2. The summed E-state index contributed by atoms with van der Waals surface area (Å²) in [7, 11) is -0.456. The van der Waals surface area contributed by atoms with Gasteiger partial charge in [0.2, 0.25) is 10.0 Å². The minimum atomic E-state index is -3.58. The zero-order valence-corrected chi connectivity index (χ0v) is 21.1. The highest BCUT2D eigenvalue weighted by molar-refractivity contribution is 7.92. The zero-order valence-electron chi connectivity index (χ0n) is 20.3. The molecule has 0 aliphatic heterocycles. The third-order valence-electron chi connectivity index (χ3n) is 5.28. The highest BCUT2D eigenvalue weighted by Gasteiger charge is 2.21. The van der Waals surface area contributed by atoms with E-state index in [1.807, 2.05) is 19.1 Å². The summed E-state index contributed by atoms with van der Waals surface area (Å²) in [5.41, 5.74) is 2.53. The first-order chi connectivity index (χ1) is 16.8. The van der Waals surface area contributed by atoms with Crippen molar-refractivity contribution < 1.29 is 27.4 Å². The normalized spacial score (nSPS) is 11.0. The first-order valence-corrected chi connectivity index (χ1v) is 12.9. The SMILES string of the molecule is CCOc1ccccc1N(Cc1ccc(C(=O)NCc2ccc(OC)c(OC)c2)cc1)S(C)(=O)=O. The molecule has 0 fully saturated rings. The molecule has 3 aromatic carbocycles. The van der Waals surface area contributed by atoms with E-state index in [0.29, 0.717) is 41.7 Å². The second-order valence-corrected chi connectivity index (χ2v) is 9.65. The molecular weight excluding hydrogens is 468 g/mol. The topological polar surface area (TPSA) is 94.2 Å². The Morgan fingerprint density at radius 1 is 0.886 bits per heavy atom. The summed E-state index contributed by atoms with van der Waals surface area (Å²) in [5.74, 6) is 1.45. The second kappa shape index (κ2) is 11.6. The van der Waals surface area contributed by atoms with Gasteiger partial charge in [0.05, 0.1) is 39.3 Å². The van der Waals surface area contributed by atoms with Crippen LogP contribution in [0.4, 0.5) is 5.69 Å². The molecule has 0 aliphatic rings. The van der Waals surface area contributed by atoms with Crippen LogP contribution in [0.1, 0.15) is 28.4 Å². The first kappa shape index (κ1) is 25.9. The van der Waals surface area contributed by atoms with E-state index < -0.39 is 10.0 Å². The summed E-state index contributed by atoms with van der Waals surface area (Å²) in [4.78, 5) is 12.6. The number of hydrogen-bond acceptors (Lipinski definition) is 6. The van der Waals surface area contributed by atoms with Crippen molar-refractivity contribution in [1.82, 2.24) is 5.32 Å². The number of carbonyl (C=O) groups is 1. The summed E-state index contributed by atoms with van der Waals surface area (Å²) in [6.45, 7) is 2.69. The molecular formula is C26H30N2O6S. The smallest absolute Gasteiger partial charge is 0.251 e. The number of hydrogen-bond donors (Lipinski definition) is 1. The molecule has 0 heterocycles. The zero-order chi connectivity index (χ0) is 25.4. The Hall–Kier alpha value is -3.72. The number of rotatable bonds is 11. The number of amides is 1. The van der Waals surface area contributed by atoms with E-state index in [9.17, 15) is 13.2 Å². The minimum absolute atomic E-state index is 0.108. The van der Waals surface area contributed by atoms with Crippen LogP contribution in [0.25, 0.3) is 0 Å².